The number of nitrogens with zero attached hydrogens (tertiary/aromatic N) is 12. The van der Waals surface area contributed by atoms with Gasteiger partial charge in [-0.15, -0.1) is 0 Å². The maximum absolute atomic E-state index is 12.4. The molecule has 0 radical (unpaired) electrons. The molecule has 20 rings (SSSR count). The average molecular weight is 1550 g/mol. The number of hydrogen-bond acceptors (Lipinski definition) is 17. The van der Waals surface area contributed by atoms with Crippen molar-refractivity contribution < 1.29 is 4.42 Å². The quantitative estimate of drug-likeness (QED) is 0.0695. The molecule has 23 heteroatoms. The van der Waals surface area contributed by atoms with Crippen molar-refractivity contribution in [3.8, 4) is 114 Å². The Hall–Kier alpha value is -16.2. The summed E-state index contributed by atoms with van der Waals surface area (Å²) < 4.78 is 6.05. The van der Waals surface area contributed by atoms with Crippen LogP contribution in [-0.4, -0.2) is 59.8 Å². The molecular weight excluding hydrogens is 1490 g/mol. The fraction of sp³-hybridized carbons (Fsp3) is 0.0215. The van der Waals surface area contributed by atoms with Crippen molar-refractivity contribution in [3.63, 3.8) is 0 Å². The van der Waals surface area contributed by atoms with E-state index in [2.05, 4.69) is 136 Å². The van der Waals surface area contributed by atoms with E-state index in [0.29, 0.717) is 66.1 Å². The van der Waals surface area contributed by atoms with Gasteiger partial charge in [0.1, 0.15) is 45.5 Å². The number of fused-ring (bicyclic) bond motifs is 8. The lowest BCUT2D eigenvalue weighted by atomic mass is 9.92. The summed E-state index contributed by atoms with van der Waals surface area (Å²) >= 11 is 12.7. The second kappa shape index (κ2) is 30.6. The predicted molar refractivity (Wildman–Crippen MR) is 459 cm³/mol. The molecule has 3 aliphatic rings. The summed E-state index contributed by atoms with van der Waals surface area (Å²) in [6, 6.07) is 66.0. The highest BCUT2D eigenvalue weighted by atomic mass is 35.5. The fourth-order valence-corrected chi connectivity index (χ4v) is 14.7. The van der Waals surface area contributed by atoms with Crippen LogP contribution >= 0.6 is 23.2 Å². The highest BCUT2D eigenvalue weighted by Crippen LogP contribution is 2.44. The Morgan fingerprint density at radius 2 is 0.940 bits per heavy atom. The van der Waals surface area contributed by atoms with Crippen LogP contribution in [0, 0.1) is 59.2 Å². The number of pyridine rings is 6. The molecule has 0 unspecified atom stereocenters. The number of anilines is 3. The van der Waals surface area contributed by atoms with Gasteiger partial charge >= 0.3 is 0 Å². The number of imidazole rings is 3. The Morgan fingerprint density at radius 3 is 1.53 bits per heavy atom. The van der Waals surface area contributed by atoms with Gasteiger partial charge in [-0.2, -0.15) is 21.0 Å². The van der Waals surface area contributed by atoms with Crippen molar-refractivity contribution in [2.24, 2.45) is 0 Å². The summed E-state index contributed by atoms with van der Waals surface area (Å²) in [6.45, 7) is 15.7. The van der Waals surface area contributed by atoms with Crippen LogP contribution in [0.2, 0.25) is 10.2 Å². The zero-order valence-electron chi connectivity index (χ0n) is 61.7. The molecule has 552 valence electrons. The highest BCUT2D eigenvalue weighted by Gasteiger charge is 2.24. The van der Waals surface area contributed by atoms with Crippen molar-refractivity contribution in [2.75, 3.05) is 16.0 Å². The van der Waals surface area contributed by atoms with Crippen LogP contribution in [0.3, 0.4) is 0 Å². The molecule has 0 bridgehead atoms. The number of benzene rings is 7. The highest BCUT2D eigenvalue weighted by molar-refractivity contribution is 6.35. The van der Waals surface area contributed by atoms with Gasteiger partial charge in [0.25, 0.3) is 0 Å². The molecular formula is C93H59Cl2N19O2. The number of aryl methyl sites for hydroxylation is 1. The van der Waals surface area contributed by atoms with E-state index in [9.17, 15) is 25.8 Å². The number of hydrogen-bond donors (Lipinski definition) is 7. The topological polar surface area (TPSA) is 328 Å². The largest absolute Gasteiger partial charge is 0.453 e. The van der Waals surface area contributed by atoms with Crippen LogP contribution in [0.1, 0.15) is 50.2 Å². The molecule has 116 heavy (non-hydrogen) atoms. The van der Waals surface area contributed by atoms with E-state index in [1.165, 1.54) is 6.07 Å². The summed E-state index contributed by atoms with van der Waals surface area (Å²) in [6.07, 6.45) is 18.4. The van der Waals surface area contributed by atoms with Gasteiger partial charge in [0.05, 0.1) is 115 Å². The predicted octanol–water partition coefficient (Wildman–Crippen LogP) is 21.5. The molecule has 13 heterocycles. The van der Waals surface area contributed by atoms with Gasteiger partial charge in [-0.05, 0) is 193 Å². The first-order chi connectivity index (χ1) is 56.5. The first kappa shape index (κ1) is 72.7. The Balaban J connectivity index is 0.000000111. The lowest BCUT2D eigenvalue weighted by Gasteiger charge is -2.19. The summed E-state index contributed by atoms with van der Waals surface area (Å²) in [4.78, 5) is 61.4. The van der Waals surface area contributed by atoms with Crippen LogP contribution in [0.4, 0.5) is 17.5 Å². The third kappa shape index (κ3) is 14.3. The monoisotopic (exact) mass is 1540 g/mol. The molecule has 10 aromatic heterocycles. The second-order valence-electron chi connectivity index (χ2n) is 27.3. The van der Waals surface area contributed by atoms with E-state index < -0.39 is 0 Å². The molecule has 0 amide bonds. The number of furan rings is 1. The Morgan fingerprint density at radius 1 is 0.422 bits per heavy atom. The van der Waals surface area contributed by atoms with Crippen molar-refractivity contribution in [1.82, 2.24) is 59.8 Å². The van der Waals surface area contributed by atoms with Gasteiger partial charge in [0.2, 0.25) is 0 Å². The van der Waals surface area contributed by atoms with Crippen LogP contribution in [0.25, 0.3) is 163 Å². The minimum Gasteiger partial charge on any atom is -0.453 e. The standard InChI is InChI=1S/C24H17N5.C23H14ClN5.C23H13ClN4O2.C23H15N5/c1-14-6-7-17-10-20(16-8-9-21-22(11-16)27-13-26-21)23(29-24(17)28-14)19-5-3-4-18(12-25)15(19)2;1-13-5-6-16-8-18(17-9-19(24)22-20(10-17)26-12-27-22)21(29-23(16)28-13)15-4-2-3-14(7-15)11-25;1-12-7-15(9-20(24)27-12)16-10-17-18(29)5-6-26-23(17)28-21(16)19-8-13-3-2-4-14(11-25)22(13)30-19;1-14-5-6-18-10-19(16-7-8-20-21(11-16)26-13-25-20)22(28-23(18)27-14)17-4-2-3-15(9-17)12-24/h3-11,13H,1H2,2H3,(H,26,27)(H,28,29);2-10,12H,1H2,(H,26,27)(H,28,29);2-10H,1H3,(H,26,28,29);2-11,13H,1H2,(H,25,26)(H,27,28). The van der Waals surface area contributed by atoms with Gasteiger partial charge < -0.3 is 40.3 Å². The van der Waals surface area contributed by atoms with Gasteiger partial charge in [0, 0.05) is 96.1 Å². The number of rotatable bonds is 8. The average Bonchev–Trinajstić information content (AvgIpc) is 1.27. The molecule has 7 N–H and O–H groups in total. The first-order valence-electron chi connectivity index (χ1n) is 36.2. The zero-order chi connectivity index (χ0) is 79.8. The van der Waals surface area contributed by atoms with E-state index in [1.807, 2.05) is 153 Å². The third-order valence-corrected chi connectivity index (χ3v) is 20.2. The molecule has 0 spiro atoms. The molecule has 21 nitrogen and oxygen atoms in total. The molecule has 0 saturated heterocycles. The Labute approximate surface area is 671 Å². The molecule has 3 aliphatic heterocycles. The van der Waals surface area contributed by atoms with Gasteiger partial charge in [-0.25, -0.2) is 39.9 Å². The maximum atomic E-state index is 12.4. The maximum Gasteiger partial charge on any atom is 0.191 e. The summed E-state index contributed by atoms with van der Waals surface area (Å²) in [7, 11) is 0. The number of aromatic amines is 4. The number of allylic oxidation sites excluding steroid dienone is 3. The molecule has 17 aromatic rings. The van der Waals surface area contributed by atoms with Gasteiger partial charge in [0.15, 0.2) is 16.8 Å². The zero-order valence-corrected chi connectivity index (χ0v) is 63.2. The van der Waals surface area contributed by atoms with E-state index in [0.717, 1.165) is 174 Å². The number of para-hydroxylation sites is 1. The number of aromatic nitrogens is 12. The van der Waals surface area contributed by atoms with E-state index in [-0.39, 0.29) is 5.43 Å². The smallest absolute Gasteiger partial charge is 0.191 e. The minimum atomic E-state index is -0.141. The van der Waals surface area contributed by atoms with E-state index in [4.69, 9.17) is 47.6 Å². The van der Waals surface area contributed by atoms with Crippen molar-refractivity contribution >= 4 is 114 Å². The summed E-state index contributed by atoms with van der Waals surface area (Å²) in [5.41, 5.74) is 28.3. The third-order valence-electron chi connectivity index (χ3n) is 19.7. The number of nitriles is 4. The van der Waals surface area contributed by atoms with Crippen LogP contribution < -0.4 is 21.4 Å². The van der Waals surface area contributed by atoms with Crippen molar-refractivity contribution in [2.45, 2.75) is 13.8 Å². The van der Waals surface area contributed by atoms with Crippen LogP contribution in [0.15, 0.2) is 271 Å². The van der Waals surface area contributed by atoms with Gasteiger partial charge in [-0.1, -0.05) is 104 Å². The first-order valence-corrected chi connectivity index (χ1v) is 36.9. The molecule has 0 saturated carbocycles. The Bertz CT molecular complexity index is 7330. The summed E-state index contributed by atoms with van der Waals surface area (Å²) in [5.74, 6) is 2.74. The number of halogens is 2. The molecule has 0 fully saturated rings. The second-order valence-corrected chi connectivity index (χ2v) is 28.1. The van der Waals surface area contributed by atoms with Crippen LogP contribution in [0.5, 0.6) is 0 Å². The number of nitrogens with one attached hydrogen (secondary N) is 7. The lowest BCUT2D eigenvalue weighted by molar-refractivity contribution is 0.628. The summed E-state index contributed by atoms with van der Waals surface area (Å²) in [5, 5.41) is 49.3. The Kier molecular flexibility index (Phi) is 19.2. The fourth-order valence-electron chi connectivity index (χ4n) is 14.1. The molecule has 7 aromatic carbocycles. The SMILES string of the molecule is C=C1C=Cc2cc(-c3cc(Cl)c4nc[nH]c4c3)c(-c3cccc(C#N)c3)nc2N1.C=C1C=Cc2cc(-c3ccc4nc[nH]c4c3)c(-c3cccc(C#N)c3)nc2N1.C=C1C=Cc2cc(-c3ccc4nc[nH]c4c3)c(-c3cccc(C#N)c3C)nc2N1.Cc1cc(-c2cc3c(=O)cc[nH]c3nc2-c2cc3cccc(C#N)c3o2)cc(Cl)n1. The van der Waals surface area contributed by atoms with Crippen molar-refractivity contribution in [1.29, 1.82) is 21.0 Å². The van der Waals surface area contributed by atoms with E-state index in [1.54, 1.807) is 61.6 Å². The van der Waals surface area contributed by atoms with Crippen LogP contribution in [-0.2, 0) is 0 Å². The lowest BCUT2D eigenvalue weighted by Crippen LogP contribution is -2.06. The minimum absolute atomic E-state index is 0.141. The number of H-pyrrole nitrogens is 4. The van der Waals surface area contributed by atoms with E-state index >= 15 is 0 Å². The van der Waals surface area contributed by atoms with Gasteiger partial charge in [-0.3, -0.25) is 4.79 Å². The molecule has 0 aliphatic carbocycles. The van der Waals surface area contributed by atoms with Crippen molar-refractivity contribution in [3.05, 3.63) is 333 Å². The molecule has 0 atom stereocenters. The normalized spacial score (nSPS) is 12.1.